The summed E-state index contributed by atoms with van der Waals surface area (Å²) < 4.78 is 13.4. The smallest absolute Gasteiger partial charge is 0.355 e. The van der Waals surface area contributed by atoms with Crippen molar-refractivity contribution in [2.24, 2.45) is 5.16 Å². The number of benzene rings is 4. The highest BCUT2D eigenvalue weighted by atomic mass is 32.2. The van der Waals surface area contributed by atoms with Crippen molar-refractivity contribution in [3.8, 4) is 5.75 Å². The van der Waals surface area contributed by atoms with Gasteiger partial charge in [-0.1, -0.05) is 114 Å². The second-order valence-electron chi connectivity index (χ2n) is 16.0. The van der Waals surface area contributed by atoms with Crippen LogP contribution >= 0.6 is 23.1 Å². The Morgan fingerprint density at radius 3 is 2.21 bits per heavy atom. The highest BCUT2D eigenvalue weighted by Crippen LogP contribution is 2.43. The zero-order valence-electron chi connectivity index (χ0n) is 36.6. The van der Waals surface area contributed by atoms with E-state index in [1.54, 1.807) is 24.6 Å². The maximum atomic E-state index is 14.2. The molecule has 4 aromatic carbocycles. The molecule has 0 spiro atoms. The lowest BCUT2D eigenvalue weighted by molar-refractivity contribution is -0.694. The molecule has 6 aromatic rings. The van der Waals surface area contributed by atoms with Crippen LogP contribution < -0.4 is 19.9 Å². The van der Waals surface area contributed by atoms with Crippen LogP contribution in [0.15, 0.2) is 168 Å². The van der Waals surface area contributed by atoms with E-state index < -0.39 is 34.7 Å². The molecule has 1 saturated heterocycles. The summed E-state index contributed by atoms with van der Waals surface area (Å²) in [6, 6.07) is 41.0. The molecule has 2 N–H and O–H groups in total. The number of thioether (sulfide) groups is 1. The van der Waals surface area contributed by atoms with Crippen molar-refractivity contribution in [3.63, 3.8) is 0 Å². The van der Waals surface area contributed by atoms with Crippen molar-refractivity contribution in [2.45, 2.75) is 55.8 Å². The molecule has 0 saturated carbocycles. The molecule has 1 aliphatic carbocycles. The van der Waals surface area contributed by atoms with Crippen LogP contribution in [-0.2, 0) is 55.5 Å². The molecular weight excluding hydrogens is 869 g/mol. The molecule has 12 nitrogen and oxygen atoms in total. The third-order valence-corrected chi connectivity index (χ3v) is 14.2. The molecular formula is C52H49N6O6S2+. The lowest BCUT2D eigenvalue weighted by Crippen LogP contribution is -2.71. The van der Waals surface area contributed by atoms with E-state index in [1.165, 1.54) is 46.4 Å². The summed E-state index contributed by atoms with van der Waals surface area (Å²) in [6.45, 7) is 0.714. The van der Waals surface area contributed by atoms with E-state index in [2.05, 4.69) is 81.2 Å². The van der Waals surface area contributed by atoms with Crippen LogP contribution in [0.4, 0.5) is 5.13 Å². The molecule has 2 amide bonds. The molecule has 0 bridgehead atoms. The number of allylic oxidation sites excluding steroid dienone is 2. The number of anilines is 1. The summed E-state index contributed by atoms with van der Waals surface area (Å²) in [5.41, 5.74) is 6.81. The molecule has 2 aromatic heterocycles. The topological polar surface area (TPSA) is 135 Å². The normalized spacial score (nSPS) is 16.9. The molecule has 66 heavy (non-hydrogen) atoms. The first-order valence-electron chi connectivity index (χ1n) is 21.8. The van der Waals surface area contributed by atoms with Crippen LogP contribution in [0.1, 0.15) is 52.0 Å². The van der Waals surface area contributed by atoms with Crippen molar-refractivity contribution >= 4 is 51.7 Å². The average molecular weight is 918 g/mol. The zero-order valence-corrected chi connectivity index (χ0v) is 38.2. The molecule has 4 heterocycles. The molecule has 2 aliphatic heterocycles. The fourth-order valence-electron chi connectivity index (χ4n) is 8.85. The number of hydrogen-bond acceptors (Lipinski definition) is 11. The number of methoxy groups -OCH3 is 1. The largest absolute Gasteiger partial charge is 0.497 e. The van der Waals surface area contributed by atoms with E-state index in [0.29, 0.717) is 29.6 Å². The number of rotatable bonds is 17. The van der Waals surface area contributed by atoms with Gasteiger partial charge in [-0.05, 0) is 71.4 Å². The summed E-state index contributed by atoms with van der Waals surface area (Å²) in [7, 11) is 2.94. The number of ether oxygens (including phenoxy) is 2. The van der Waals surface area contributed by atoms with Gasteiger partial charge < -0.3 is 24.9 Å². The molecule has 334 valence electrons. The number of fused-ring (bicyclic) bond motifs is 2. The van der Waals surface area contributed by atoms with E-state index >= 15 is 0 Å². The fourth-order valence-corrected chi connectivity index (χ4v) is 11.0. The quantitative estimate of drug-likeness (QED) is 0.0179. The summed E-state index contributed by atoms with van der Waals surface area (Å²) in [5.74, 6) is -0.523. The summed E-state index contributed by atoms with van der Waals surface area (Å²) in [4.78, 5) is 53.9. The Kier molecular flexibility index (Phi) is 13.4. The van der Waals surface area contributed by atoms with Crippen molar-refractivity contribution < 1.29 is 33.3 Å². The number of hydrogen-bond donors (Lipinski definition) is 2. The van der Waals surface area contributed by atoms with Crippen LogP contribution in [-0.4, -0.2) is 64.8 Å². The standard InChI is InChI=1S/C52H48N6O6S2/c1-62-41-28-26-35(27-29-41)32-64-50(61)46-37(16-12-13-30-57-31-15-18-36-17-14-25-43(36)57)33-65-49-45(48(60)58(46)49)54-47(59)44(56-63-2)42-34-66-51(53-42)55-52(38-19-6-3-7-20-38,39-21-8-4-9-22-39)40-23-10-5-11-24-40/h3-13,15,18-24,26-29,31,34,45,49H,14,16-17,25,30,32-33H2,1-2H3,(H-,53,54,55,59)/p+1/b13-12-,56-44-/t45-,49-/m1/s1. The minimum absolute atomic E-state index is 0.00963. The number of thiazole rings is 1. The molecule has 1 fully saturated rings. The number of aromatic nitrogens is 2. The maximum Gasteiger partial charge on any atom is 0.355 e. The number of carbonyl (C=O) groups is 3. The lowest BCUT2D eigenvalue weighted by Gasteiger charge is -2.49. The van der Waals surface area contributed by atoms with Crippen LogP contribution in [0, 0.1) is 0 Å². The molecule has 0 radical (unpaired) electrons. The first-order chi connectivity index (χ1) is 32.4. The second kappa shape index (κ2) is 20.0. The molecule has 14 heteroatoms. The number of nitrogens with one attached hydrogen (secondary N) is 2. The van der Waals surface area contributed by atoms with Gasteiger partial charge in [0.1, 0.15) is 47.8 Å². The highest BCUT2D eigenvalue weighted by Gasteiger charge is 2.54. The Hall–Kier alpha value is -7.03. The van der Waals surface area contributed by atoms with E-state index in [0.717, 1.165) is 47.1 Å². The number of aryl methyl sites for hydroxylation is 1. The Morgan fingerprint density at radius 2 is 1.56 bits per heavy atom. The molecule has 2 atom stereocenters. The van der Waals surface area contributed by atoms with Crippen LogP contribution in [0.3, 0.4) is 0 Å². The molecule has 3 aliphatic rings. The number of β-lactam (4-membered cyclic amide) rings is 1. The SMILES string of the molecule is CO/N=C(\C(=O)N[C@@H]1C(=O)N2C(C(=O)OCc3ccc(OC)cc3)=C(C/C=C\C[n+]3cccc4c3CCC4)CS[C@H]12)c1csc(NC(c2ccccc2)(c2ccccc2)c2ccccc2)n1. The van der Waals surface area contributed by atoms with Gasteiger partial charge in [-0.15, -0.1) is 23.1 Å². The minimum Gasteiger partial charge on any atom is -0.497 e. The number of carbonyl (C=O) groups excluding carboxylic acids is 3. The van der Waals surface area contributed by atoms with Crippen molar-refractivity contribution in [1.82, 2.24) is 15.2 Å². The van der Waals surface area contributed by atoms with Crippen LogP contribution in [0.5, 0.6) is 5.75 Å². The fraction of sp³-hybridized carbons (Fsp3) is 0.231. The van der Waals surface area contributed by atoms with Gasteiger partial charge in [-0.25, -0.2) is 9.78 Å². The lowest BCUT2D eigenvalue weighted by atomic mass is 9.77. The Labute approximate surface area is 392 Å². The monoisotopic (exact) mass is 917 g/mol. The minimum atomic E-state index is -0.944. The number of esters is 1. The number of pyridine rings is 1. The predicted octanol–water partition coefficient (Wildman–Crippen LogP) is 7.73. The van der Waals surface area contributed by atoms with Gasteiger partial charge in [0.15, 0.2) is 29.3 Å². The zero-order chi connectivity index (χ0) is 45.5. The first-order valence-corrected chi connectivity index (χ1v) is 23.8. The van der Waals surface area contributed by atoms with Crippen molar-refractivity contribution in [1.29, 1.82) is 0 Å². The summed E-state index contributed by atoms with van der Waals surface area (Å²) >= 11 is 2.81. The molecule has 9 rings (SSSR count). The van der Waals surface area contributed by atoms with E-state index in [-0.39, 0.29) is 23.7 Å². The van der Waals surface area contributed by atoms with Gasteiger partial charge in [0.05, 0.1) is 7.11 Å². The van der Waals surface area contributed by atoms with Crippen molar-refractivity contribution in [2.75, 3.05) is 25.3 Å². The number of nitrogens with zero attached hydrogens (tertiary/aromatic N) is 4. The average Bonchev–Trinajstić information content (AvgIpc) is 4.06. The van der Waals surface area contributed by atoms with Gasteiger partial charge in [-0.3, -0.25) is 14.5 Å². The third-order valence-electron chi connectivity index (χ3n) is 12.1. The van der Waals surface area contributed by atoms with Gasteiger partial charge >= 0.3 is 5.97 Å². The van der Waals surface area contributed by atoms with E-state index in [9.17, 15) is 14.4 Å². The Balaban J connectivity index is 0.942. The van der Waals surface area contributed by atoms with E-state index in [1.807, 2.05) is 72.8 Å². The summed E-state index contributed by atoms with van der Waals surface area (Å²) in [5, 5.41) is 12.5. The summed E-state index contributed by atoms with van der Waals surface area (Å²) in [6.07, 6.45) is 10.0. The highest BCUT2D eigenvalue weighted by molar-refractivity contribution is 8.00. The second-order valence-corrected chi connectivity index (χ2v) is 18.0. The van der Waals surface area contributed by atoms with Gasteiger partial charge in [-0.2, -0.15) is 4.57 Å². The maximum absolute atomic E-state index is 14.2. The Bertz CT molecular complexity index is 2700. The predicted molar refractivity (Wildman–Crippen MR) is 256 cm³/mol. The van der Waals surface area contributed by atoms with Gasteiger partial charge in [0.2, 0.25) is 0 Å². The number of amides is 2. The van der Waals surface area contributed by atoms with Gasteiger partial charge in [0.25, 0.3) is 11.8 Å². The van der Waals surface area contributed by atoms with Crippen LogP contribution in [0.25, 0.3) is 0 Å². The number of oxime groups is 1. The van der Waals surface area contributed by atoms with Crippen molar-refractivity contribution in [3.05, 3.63) is 202 Å². The molecule has 0 unspecified atom stereocenters. The van der Waals surface area contributed by atoms with Crippen LogP contribution in [0.2, 0.25) is 0 Å². The van der Waals surface area contributed by atoms with E-state index in [4.69, 9.17) is 19.3 Å². The third kappa shape index (κ3) is 8.98. The Morgan fingerprint density at radius 1 is 0.879 bits per heavy atom. The van der Waals surface area contributed by atoms with Gasteiger partial charge in [0, 0.05) is 29.2 Å². The first kappa shape index (κ1) is 44.2.